The minimum Gasteiger partial charge on any atom is -0.311 e. The van der Waals surface area contributed by atoms with Crippen LogP contribution in [0.2, 0.25) is 0 Å². The standard InChI is InChI=1S/C17H32N2/c1-2-3-14-6-9-19(10-7-14)11-8-15-12-16-4-5-17(13-15)18-16/h14-18H,2-13H2,1H3. The first-order valence-electron chi connectivity index (χ1n) is 8.82. The highest BCUT2D eigenvalue weighted by Gasteiger charge is 2.33. The number of likely N-dealkylation sites (tertiary alicyclic amines) is 1. The summed E-state index contributed by atoms with van der Waals surface area (Å²) in [5.41, 5.74) is 0. The van der Waals surface area contributed by atoms with E-state index in [-0.39, 0.29) is 0 Å². The summed E-state index contributed by atoms with van der Waals surface area (Å²) in [5, 5.41) is 3.76. The molecule has 0 spiro atoms. The van der Waals surface area contributed by atoms with Gasteiger partial charge in [0.05, 0.1) is 0 Å². The predicted molar refractivity (Wildman–Crippen MR) is 81.4 cm³/mol. The first-order valence-corrected chi connectivity index (χ1v) is 8.82. The Balaban J connectivity index is 1.34. The van der Waals surface area contributed by atoms with E-state index in [9.17, 15) is 0 Å². The summed E-state index contributed by atoms with van der Waals surface area (Å²) in [7, 11) is 0. The van der Waals surface area contributed by atoms with E-state index in [1.54, 1.807) is 0 Å². The van der Waals surface area contributed by atoms with Crippen molar-refractivity contribution in [2.45, 2.75) is 76.8 Å². The number of fused-ring (bicyclic) bond motifs is 2. The Hall–Kier alpha value is -0.0800. The second-order valence-corrected chi connectivity index (χ2v) is 7.34. The molecule has 2 nitrogen and oxygen atoms in total. The molecule has 3 rings (SSSR count). The minimum absolute atomic E-state index is 0.874. The SMILES string of the molecule is CCCC1CCN(CCC2CC3CCC(C2)N3)CC1. The van der Waals surface area contributed by atoms with E-state index in [0.29, 0.717) is 0 Å². The zero-order valence-electron chi connectivity index (χ0n) is 12.7. The van der Waals surface area contributed by atoms with Crippen LogP contribution in [-0.2, 0) is 0 Å². The lowest BCUT2D eigenvalue weighted by atomic mass is 9.88. The molecule has 3 heterocycles. The second kappa shape index (κ2) is 6.58. The molecule has 3 aliphatic heterocycles. The lowest BCUT2D eigenvalue weighted by molar-refractivity contribution is 0.159. The molecule has 0 aliphatic carbocycles. The molecule has 0 amide bonds. The fraction of sp³-hybridized carbons (Fsp3) is 1.00. The van der Waals surface area contributed by atoms with Crippen LogP contribution < -0.4 is 5.32 Å². The maximum Gasteiger partial charge on any atom is 0.00728 e. The average molecular weight is 264 g/mol. The fourth-order valence-corrected chi connectivity index (χ4v) is 4.68. The van der Waals surface area contributed by atoms with Crippen molar-refractivity contribution >= 4 is 0 Å². The Kier molecular flexibility index (Phi) is 4.81. The van der Waals surface area contributed by atoms with E-state index in [0.717, 1.165) is 23.9 Å². The summed E-state index contributed by atoms with van der Waals surface area (Å²) >= 11 is 0. The van der Waals surface area contributed by atoms with Gasteiger partial charge in [0.2, 0.25) is 0 Å². The molecule has 2 bridgehead atoms. The Bertz CT molecular complexity index is 258. The molecule has 0 saturated carbocycles. The Morgan fingerprint density at radius 3 is 2.21 bits per heavy atom. The highest BCUT2D eigenvalue weighted by Crippen LogP contribution is 2.33. The van der Waals surface area contributed by atoms with Crippen molar-refractivity contribution in [3.05, 3.63) is 0 Å². The first kappa shape index (κ1) is 13.9. The van der Waals surface area contributed by atoms with Crippen molar-refractivity contribution in [1.29, 1.82) is 0 Å². The van der Waals surface area contributed by atoms with Gasteiger partial charge in [-0.05, 0) is 76.4 Å². The van der Waals surface area contributed by atoms with Crippen molar-refractivity contribution in [1.82, 2.24) is 10.2 Å². The van der Waals surface area contributed by atoms with E-state index < -0.39 is 0 Å². The van der Waals surface area contributed by atoms with Gasteiger partial charge in [0.25, 0.3) is 0 Å². The molecule has 2 unspecified atom stereocenters. The molecular weight excluding hydrogens is 232 g/mol. The molecule has 19 heavy (non-hydrogen) atoms. The Labute approximate surface area is 119 Å². The van der Waals surface area contributed by atoms with Crippen LogP contribution in [0.3, 0.4) is 0 Å². The third-order valence-electron chi connectivity index (χ3n) is 5.83. The van der Waals surface area contributed by atoms with Crippen molar-refractivity contribution in [2.24, 2.45) is 11.8 Å². The van der Waals surface area contributed by atoms with E-state index in [1.807, 2.05) is 0 Å². The number of piperidine rings is 2. The summed E-state index contributed by atoms with van der Waals surface area (Å²) in [5.74, 6) is 2.06. The molecule has 0 aromatic carbocycles. The fourth-order valence-electron chi connectivity index (χ4n) is 4.68. The molecule has 0 aromatic heterocycles. The van der Waals surface area contributed by atoms with E-state index in [2.05, 4.69) is 17.1 Å². The highest BCUT2D eigenvalue weighted by molar-refractivity contribution is 4.92. The molecule has 110 valence electrons. The maximum atomic E-state index is 3.76. The van der Waals surface area contributed by atoms with Crippen molar-refractivity contribution < 1.29 is 0 Å². The van der Waals surface area contributed by atoms with Gasteiger partial charge in [-0.15, -0.1) is 0 Å². The molecule has 2 atom stereocenters. The van der Waals surface area contributed by atoms with Crippen molar-refractivity contribution in [3.8, 4) is 0 Å². The zero-order valence-corrected chi connectivity index (χ0v) is 12.7. The van der Waals surface area contributed by atoms with Crippen LogP contribution >= 0.6 is 0 Å². The van der Waals surface area contributed by atoms with Crippen LogP contribution in [0.5, 0.6) is 0 Å². The lowest BCUT2D eigenvalue weighted by Crippen LogP contribution is -2.40. The van der Waals surface area contributed by atoms with Gasteiger partial charge in [-0.25, -0.2) is 0 Å². The largest absolute Gasteiger partial charge is 0.311 e. The molecule has 2 heteroatoms. The van der Waals surface area contributed by atoms with Gasteiger partial charge in [-0.1, -0.05) is 19.8 Å². The van der Waals surface area contributed by atoms with Gasteiger partial charge in [0.1, 0.15) is 0 Å². The van der Waals surface area contributed by atoms with E-state index >= 15 is 0 Å². The molecule has 3 saturated heterocycles. The van der Waals surface area contributed by atoms with Gasteiger partial charge in [0.15, 0.2) is 0 Å². The maximum absolute atomic E-state index is 3.76. The minimum atomic E-state index is 0.874. The van der Waals surface area contributed by atoms with Crippen LogP contribution in [-0.4, -0.2) is 36.6 Å². The monoisotopic (exact) mass is 264 g/mol. The summed E-state index contributed by atoms with van der Waals surface area (Å²) in [6.45, 7) is 6.46. The van der Waals surface area contributed by atoms with Gasteiger partial charge in [-0.3, -0.25) is 0 Å². The Morgan fingerprint density at radius 1 is 0.895 bits per heavy atom. The van der Waals surface area contributed by atoms with Crippen LogP contribution in [0.1, 0.15) is 64.7 Å². The third kappa shape index (κ3) is 3.72. The van der Waals surface area contributed by atoms with Gasteiger partial charge in [0, 0.05) is 12.1 Å². The summed E-state index contributed by atoms with van der Waals surface area (Å²) in [6, 6.07) is 1.75. The smallest absolute Gasteiger partial charge is 0.00728 e. The van der Waals surface area contributed by atoms with Crippen molar-refractivity contribution in [2.75, 3.05) is 19.6 Å². The normalized spacial score (nSPS) is 36.8. The Morgan fingerprint density at radius 2 is 1.58 bits per heavy atom. The quantitative estimate of drug-likeness (QED) is 0.818. The summed E-state index contributed by atoms with van der Waals surface area (Å²) in [4.78, 5) is 2.75. The highest BCUT2D eigenvalue weighted by atomic mass is 15.1. The molecule has 1 N–H and O–H groups in total. The predicted octanol–water partition coefficient (Wildman–Crippen LogP) is 3.42. The number of hydrogen-bond donors (Lipinski definition) is 1. The molecule has 3 fully saturated rings. The third-order valence-corrected chi connectivity index (χ3v) is 5.83. The summed E-state index contributed by atoms with van der Waals surface area (Å²) < 4.78 is 0. The number of nitrogens with zero attached hydrogens (tertiary/aromatic N) is 1. The van der Waals surface area contributed by atoms with Crippen molar-refractivity contribution in [3.63, 3.8) is 0 Å². The first-order chi connectivity index (χ1) is 9.33. The van der Waals surface area contributed by atoms with Crippen LogP contribution in [0, 0.1) is 11.8 Å². The average Bonchev–Trinajstić information content (AvgIpc) is 2.77. The zero-order chi connectivity index (χ0) is 13.1. The topological polar surface area (TPSA) is 15.3 Å². The van der Waals surface area contributed by atoms with E-state index in [1.165, 1.54) is 77.4 Å². The number of nitrogens with one attached hydrogen (secondary N) is 1. The van der Waals surface area contributed by atoms with Crippen LogP contribution in [0.15, 0.2) is 0 Å². The molecule has 0 radical (unpaired) electrons. The van der Waals surface area contributed by atoms with Crippen LogP contribution in [0.4, 0.5) is 0 Å². The second-order valence-electron chi connectivity index (χ2n) is 7.34. The molecular formula is C17H32N2. The number of rotatable bonds is 5. The van der Waals surface area contributed by atoms with Crippen LogP contribution in [0.25, 0.3) is 0 Å². The lowest BCUT2D eigenvalue weighted by Gasteiger charge is -2.34. The number of hydrogen-bond acceptors (Lipinski definition) is 2. The van der Waals surface area contributed by atoms with Gasteiger partial charge in [-0.2, -0.15) is 0 Å². The van der Waals surface area contributed by atoms with E-state index in [4.69, 9.17) is 0 Å². The summed E-state index contributed by atoms with van der Waals surface area (Å²) in [6.07, 6.45) is 13.1. The molecule has 3 aliphatic rings. The van der Waals surface area contributed by atoms with Gasteiger partial charge >= 0.3 is 0 Å². The molecule has 0 aromatic rings. The van der Waals surface area contributed by atoms with Gasteiger partial charge < -0.3 is 10.2 Å².